The van der Waals surface area contributed by atoms with Gasteiger partial charge in [0.1, 0.15) is 11.6 Å². The summed E-state index contributed by atoms with van der Waals surface area (Å²) in [5.74, 6) is -0.499. The van der Waals surface area contributed by atoms with E-state index < -0.39 is 0 Å². The van der Waals surface area contributed by atoms with Crippen LogP contribution in [0.4, 0.5) is 8.78 Å². The number of rotatable bonds is 3. The normalized spacial score (nSPS) is 20.5. The minimum Gasteiger partial charge on any atom is -0.308 e. The van der Waals surface area contributed by atoms with Crippen LogP contribution in [0.1, 0.15) is 42.0 Å². The highest BCUT2D eigenvalue weighted by Gasteiger charge is 2.40. The van der Waals surface area contributed by atoms with E-state index in [-0.39, 0.29) is 17.7 Å². The number of thioether (sulfide) groups is 1. The lowest BCUT2D eigenvalue weighted by Crippen LogP contribution is -2.34. The molecule has 0 saturated carbocycles. The van der Waals surface area contributed by atoms with Crippen LogP contribution in [0.2, 0.25) is 5.02 Å². The van der Waals surface area contributed by atoms with Gasteiger partial charge in [-0.15, -0.1) is 0 Å². The third kappa shape index (κ3) is 4.24. The molecule has 174 valence electrons. The molecule has 0 radical (unpaired) electrons. The van der Waals surface area contributed by atoms with Crippen molar-refractivity contribution in [1.29, 1.82) is 0 Å². The van der Waals surface area contributed by atoms with Gasteiger partial charge in [0.2, 0.25) is 0 Å². The second-order valence-electron chi connectivity index (χ2n) is 8.79. The highest BCUT2D eigenvalue weighted by molar-refractivity contribution is 8.16. The first kappa shape index (κ1) is 22.3. The van der Waals surface area contributed by atoms with Crippen molar-refractivity contribution in [3.8, 4) is 0 Å². The summed E-state index contributed by atoms with van der Waals surface area (Å²) in [5.41, 5.74) is 7.47. The van der Waals surface area contributed by atoms with Crippen molar-refractivity contribution in [1.82, 2.24) is 4.90 Å². The molecular weight excluding hydrogens is 482 g/mol. The van der Waals surface area contributed by atoms with Crippen molar-refractivity contribution in [3.63, 3.8) is 0 Å². The van der Waals surface area contributed by atoms with Gasteiger partial charge in [0, 0.05) is 10.4 Å². The van der Waals surface area contributed by atoms with Gasteiger partial charge in [0.15, 0.2) is 5.17 Å². The van der Waals surface area contributed by atoms with Crippen LogP contribution < -0.4 is 0 Å². The smallest absolute Gasteiger partial charge is 0.174 e. The van der Waals surface area contributed by atoms with Gasteiger partial charge in [0.05, 0.1) is 17.4 Å². The molecule has 6 heteroatoms. The van der Waals surface area contributed by atoms with Crippen LogP contribution in [-0.2, 0) is 0 Å². The van der Waals surface area contributed by atoms with Crippen molar-refractivity contribution in [3.05, 3.63) is 128 Å². The molecule has 1 atom stereocenters. The molecule has 0 saturated heterocycles. The quantitative estimate of drug-likeness (QED) is 0.356. The number of allylic oxidation sites excluding steroid dienone is 1. The molecule has 3 aromatic carbocycles. The Bertz CT molecular complexity index is 1400. The zero-order chi connectivity index (χ0) is 23.9. The Kier molecular flexibility index (Phi) is 5.83. The summed E-state index contributed by atoms with van der Waals surface area (Å²) in [7, 11) is 0. The second kappa shape index (κ2) is 9.14. The van der Waals surface area contributed by atoms with Crippen molar-refractivity contribution in [2.75, 3.05) is 0 Å². The van der Waals surface area contributed by atoms with Gasteiger partial charge in [-0.25, -0.2) is 13.8 Å². The summed E-state index contributed by atoms with van der Waals surface area (Å²) in [5, 5.41) is 3.71. The van der Waals surface area contributed by atoms with E-state index in [0.29, 0.717) is 5.02 Å². The van der Waals surface area contributed by atoms with Gasteiger partial charge in [-0.1, -0.05) is 59.8 Å². The van der Waals surface area contributed by atoms with E-state index in [1.54, 1.807) is 23.9 Å². The molecule has 1 aliphatic carbocycles. The molecule has 0 unspecified atom stereocenters. The number of fused-ring (bicyclic) bond motifs is 1. The van der Waals surface area contributed by atoms with Crippen LogP contribution in [0.5, 0.6) is 0 Å². The van der Waals surface area contributed by atoms with E-state index in [4.69, 9.17) is 16.6 Å². The Hall–Kier alpha value is -3.15. The molecular formula is C29H21ClF2N2S. The summed E-state index contributed by atoms with van der Waals surface area (Å²) in [4.78, 5) is 7.40. The minimum atomic E-state index is -0.252. The number of benzene rings is 3. The highest BCUT2D eigenvalue weighted by Crippen LogP contribution is 2.51. The summed E-state index contributed by atoms with van der Waals surface area (Å²) < 4.78 is 27.3. The van der Waals surface area contributed by atoms with Gasteiger partial charge in [-0.2, -0.15) is 0 Å². The van der Waals surface area contributed by atoms with Crippen LogP contribution in [-0.4, -0.2) is 10.1 Å². The van der Waals surface area contributed by atoms with Crippen molar-refractivity contribution >= 4 is 40.3 Å². The maximum absolute atomic E-state index is 13.9. The third-order valence-corrected chi connectivity index (χ3v) is 7.67. The molecule has 3 aromatic rings. The molecule has 2 aliphatic heterocycles. The number of amidine groups is 1. The van der Waals surface area contributed by atoms with E-state index >= 15 is 0 Å². The molecule has 0 amide bonds. The van der Waals surface area contributed by atoms with E-state index in [0.717, 1.165) is 58.1 Å². The van der Waals surface area contributed by atoms with Gasteiger partial charge in [-0.3, -0.25) is 0 Å². The van der Waals surface area contributed by atoms with Crippen LogP contribution in [0.25, 0.3) is 11.8 Å². The van der Waals surface area contributed by atoms with E-state index in [9.17, 15) is 8.78 Å². The van der Waals surface area contributed by atoms with Gasteiger partial charge < -0.3 is 4.90 Å². The number of hydrogen-bond acceptors (Lipinski definition) is 3. The zero-order valence-corrected chi connectivity index (χ0v) is 20.3. The van der Waals surface area contributed by atoms with Gasteiger partial charge in [-0.05, 0) is 89.6 Å². The second-order valence-corrected chi connectivity index (χ2v) is 10.1. The van der Waals surface area contributed by atoms with E-state index in [1.807, 2.05) is 36.4 Å². The van der Waals surface area contributed by atoms with Crippen molar-refractivity contribution in [2.24, 2.45) is 4.99 Å². The first-order valence-corrected chi connectivity index (χ1v) is 12.8. The fraction of sp³-hybridized carbons (Fsp3) is 0.138. The molecule has 3 aliphatic rings. The zero-order valence-electron chi connectivity index (χ0n) is 18.7. The Balaban J connectivity index is 1.48. The van der Waals surface area contributed by atoms with Crippen LogP contribution in [0, 0.1) is 11.6 Å². The fourth-order valence-corrected chi connectivity index (χ4v) is 6.01. The van der Waals surface area contributed by atoms with Crippen molar-refractivity contribution < 1.29 is 8.78 Å². The standard InChI is InChI=1S/C29H21ClF2N2S/c30-22-10-6-19(7-11-22)26-17-35-29-33-27-21(16-18-4-12-23(31)13-5-18)2-1-3-25(27)28(34(26)29)20-8-14-24(32)15-9-20/h4-17,28H,1-3H2/b21-16+/t28-/m0/s1. The molecule has 0 aromatic heterocycles. The Labute approximate surface area is 212 Å². The van der Waals surface area contributed by atoms with Gasteiger partial charge >= 0.3 is 0 Å². The number of hydrogen-bond donors (Lipinski definition) is 0. The Morgan fingerprint density at radius 3 is 2.29 bits per heavy atom. The Morgan fingerprint density at radius 1 is 0.886 bits per heavy atom. The lowest BCUT2D eigenvalue weighted by atomic mass is 9.82. The molecule has 0 spiro atoms. The van der Waals surface area contributed by atoms with E-state index in [2.05, 4.69) is 16.4 Å². The third-order valence-electron chi connectivity index (χ3n) is 6.57. The maximum Gasteiger partial charge on any atom is 0.174 e. The highest BCUT2D eigenvalue weighted by atomic mass is 35.5. The lowest BCUT2D eigenvalue weighted by molar-refractivity contribution is 0.457. The Morgan fingerprint density at radius 2 is 1.57 bits per heavy atom. The fourth-order valence-electron chi connectivity index (χ4n) is 4.95. The topological polar surface area (TPSA) is 15.6 Å². The molecule has 6 rings (SSSR count). The lowest BCUT2D eigenvalue weighted by Gasteiger charge is -2.40. The minimum absolute atomic E-state index is 0.0908. The summed E-state index contributed by atoms with van der Waals surface area (Å²) >= 11 is 7.74. The van der Waals surface area contributed by atoms with Crippen LogP contribution in [0.3, 0.4) is 0 Å². The largest absolute Gasteiger partial charge is 0.308 e. The number of halogens is 3. The van der Waals surface area contributed by atoms with Gasteiger partial charge in [0.25, 0.3) is 0 Å². The summed E-state index contributed by atoms with van der Waals surface area (Å²) in [6, 6.07) is 21.1. The summed E-state index contributed by atoms with van der Waals surface area (Å²) in [6.45, 7) is 0. The first-order valence-electron chi connectivity index (χ1n) is 11.5. The predicted octanol–water partition coefficient (Wildman–Crippen LogP) is 8.60. The SMILES string of the molecule is Fc1ccc(/C=C2\CCCC3=C2N=C2SC=C(c4ccc(Cl)cc4)N2[C@H]3c2ccc(F)cc2)cc1. The maximum atomic E-state index is 13.9. The predicted molar refractivity (Wildman–Crippen MR) is 141 cm³/mol. The monoisotopic (exact) mass is 502 g/mol. The average molecular weight is 503 g/mol. The molecule has 0 N–H and O–H groups in total. The molecule has 35 heavy (non-hydrogen) atoms. The molecule has 2 heterocycles. The number of aliphatic imine (C=N–C) groups is 1. The van der Waals surface area contributed by atoms with Crippen LogP contribution >= 0.6 is 23.4 Å². The average Bonchev–Trinajstić information content (AvgIpc) is 3.29. The van der Waals surface area contributed by atoms with Crippen molar-refractivity contribution in [2.45, 2.75) is 25.3 Å². The summed E-state index contributed by atoms with van der Waals surface area (Å²) in [6.07, 6.45) is 4.92. The van der Waals surface area contributed by atoms with Crippen LogP contribution in [0.15, 0.2) is 100 Å². The molecule has 0 bridgehead atoms. The first-order chi connectivity index (χ1) is 17.1. The van der Waals surface area contributed by atoms with E-state index in [1.165, 1.54) is 29.8 Å². The number of nitrogens with zero attached hydrogens (tertiary/aromatic N) is 2. The molecule has 2 nitrogen and oxygen atoms in total. The molecule has 0 fully saturated rings.